The highest BCUT2D eigenvalue weighted by Crippen LogP contribution is 2.40. The fourth-order valence-electron chi connectivity index (χ4n) is 5.61. The van der Waals surface area contributed by atoms with Gasteiger partial charge in [0.15, 0.2) is 0 Å². The molecule has 0 saturated heterocycles. The topological polar surface area (TPSA) is 0 Å². The molecule has 188 valence electrons. The summed E-state index contributed by atoms with van der Waals surface area (Å²) in [6.07, 6.45) is 4.47. The van der Waals surface area contributed by atoms with Gasteiger partial charge < -0.3 is 0 Å². The molecule has 0 amide bonds. The number of hydrogen-bond acceptors (Lipinski definition) is 0. The number of benzene rings is 5. The van der Waals surface area contributed by atoms with Crippen molar-refractivity contribution in [2.24, 2.45) is 0 Å². The summed E-state index contributed by atoms with van der Waals surface area (Å²) in [5.41, 5.74) is 13.2. The average Bonchev–Trinajstić information content (AvgIpc) is 3.33. The maximum atomic E-state index is 2.37. The van der Waals surface area contributed by atoms with Crippen molar-refractivity contribution in [2.45, 2.75) is 52.4 Å². The van der Waals surface area contributed by atoms with Crippen LogP contribution in [0.5, 0.6) is 0 Å². The van der Waals surface area contributed by atoms with Gasteiger partial charge in [0.2, 0.25) is 0 Å². The Hall–Kier alpha value is -3.90. The second kappa shape index (κ2) is 8.84. The molecule has 1 aliphatic rings. The lowest BCUT2D eigenvalue weighted by molar-refractivity contribution is 0.590. The standard InChI is InChI=1S/C38H36/c1-37(2,3)32-17-12-25(13-18-32)29-22-30(26-14-19-33(20-15-26)38(4,5)6)24-31(23-29)34-21-16-28-11-10-27-8-7-9-35(34)36(27)28/h7-24H,1-6H3. The third-order valence-corrected chi connectivity index (χ3v) is 7.96. The minimum Gasteiger partial charge on any atom is -0.0610 e. The Morgan fingerprint density at radius 3 is 1.39 bits per heavy atom. The number of hydrogen-bond donors (Lipinski definition) is 0. The molecule has 0 nitrogen and oxygen atoms in total. The van der Waals surface area contributed by atoms with E-state index in [0.29, 0.717) is 0 Å². The zero-order chi connectivity index (χ0) is 26.7. The maximum absolute atomic E-state index is 2.37. The average molecular weight is 493 g/mol. The second-order valence-electron chi connectivity index (χ2n) is 12.8. The molecule has 0 saturated carbocycles. The Morgan fingerprint density at radius 2 is 0.895 bits per heavy atom. The minimum atomic E-state index is 0.138. The molecule has 0 bridgehead atoms. The largest absolute Gasteiger partial charge is 0.0610 e. The van der Waals surface area contributed by atoms with Gasteiger partial charge in [-0.15, -0.1) is 0 Å². The molecular formula is C38H36. The van der Waals surface area contributed by atoms with Crippen LogP contribution in [0.3, 0.4) is 0 Å². The minimum absolute atomic E-state index is 0.138. The Labute approximate surface area is 227 Å². The molecule has 6 rings (SSSR count). The van der Waals surface area contributed by atoms with Crippen molar-refractivity contribution in [3.63, 3.8) is 0 Å². The fourth-order valence-corrected chi connectivity index (χ4v) is 5.61. The van der Waals surface area contributed by atoms with E-state index in [0.717, 1.165) is 0 Å². The van der Waals surface area contributed by atoms with E-state index in [1.54, 1.807) is 0 Å². The van der Waals surface area contributed by atoms with Gasteiger partial charge in [0.05, 0.1) is 0 Å². The Balaban J connectivity index is 1.54. The van der Waals surface area contributed by atoms with Crippen molar-refractivity contribution in [3.8, 4) is 33.4 Å². The third kappa shape index (κ3) is 4.39. The van der Waals surface area contributed by atoms with Gasteiger partial charge in [0, 0.05) is 0 Å². The summed E-state index contributed by atoms with van der Waals surface area (Å²) in [4.78, 5) is 0. The van der Waals surface area contributed by atoms with E-state index in [1.165, 1.54) is 66.4 Å². The zero-order valence-electron chi connectivity index (χ0n) is 23.4. The van der Waals surface area contributed by atoms with Gasteiger partial charge in [-0.2, -0.15) is 0 Å². The molecule has 1 aliphatic carbocycles. The summed E-state index contributed by atoms with van der Waals surface area (Å²) in [6, 6.07) is 36.6. The van der Waals surface area contributed by atoms with Crippen LogP contribution in [0.2, 0.25) is 0 Å². The van der Waals surface area contributed by atoms with E-state index < -0.39 is 0 Å². The normalized spacial score (nSPS) is 12.9. The van der Waals surface area contributed by atoms with Crippen molar-refractivity contribution in [1.29, 1.82) is 0 Å². The van der Waals surface area contributed by atoms with Crippen LogP contribution < -0.4 is 0 Å². The molecule has 38 heavy (non-hydrogen) atoms. The first kappa shape index (κ1) is 24.4. The lowest BCUT2D eigenvalue weighted by atomic mass is 9.85. The molecule has 0 aromatic heterocycles. The van der Waals surface area contributed by atoms with Crippen LogP contribution in [0.4, 0.5) is 0 Å². The Morgan fingerprint density at radius 1 is 0.421 bits per heavy atom. The monoisotopic (exact) mass is 492 g/mol. The molecule has 0 unspecified atom stereocenters. The van der Waals surface area contributed by atoms with Crippen molar-refractivity contribution in [3.05, 3.63) is 119 Å². The SMILES string of the molecule is CC(C)(C)c1ccc(-c2cc(-c3ccc(C(C)(C)C)cc3)cc(-c3ccc4c5c(cccc35)C=C4)c2)cc1. The van der Waals surface area contributed by atoms with Crippen LogP contribution in [0.25, 0.3) is 56.3 Å². The third-order valence-electron chi connectivity index (χ3n) is 7.96. The molecule has 0 N–H and O–H groups in total. The lowest BCUT2D eigenvalue weighted by Gasteiger charge is -2.20. The first-order valence-electron chi connectivity index (χ1n) is 13.7. The molecule has 0 spiro atoms. The van der Waals surface area contributed by atoms with Crippen LogP contribution in [0, 0.1) is 0 Å². The van der Waals surface area contributed by atoms with Crippen molar-refractivity contribution in [2.75, 3.05) is 0 Å². The Kier molecular flexibility index (Phi) is 5.69. The van der Waals surface area contributed by atoms with Crippen LogP contribution in [0.1, 0.15) is 63.8 Å². The smallest absolute Gasteiger partial charge is 0.00326 e. The van der Waals surface area contributed by atoms with E-state index in [9.17, 15) is 0 Å². The van der Waals surface area contributed by atoms with Gasteiger partial charge in [-0.25, -0.2) is 0 Å². The van der Waals surface area contributed by atoms with E-state index in [4.69, 9.17) is 0 Å². The van der Waals surface area contributed by atoms with Gasteiger partial charge in [-0.05, 0) is 95.4 Å². The molecule has 0 heteroatoms. The molecule has 0 atom stereocenters. The molecular weight excluding hydrogens is 456 g/mol. The van der Waals surface area contributed by atoms with Crippen molar-refractivity contribution >= 4 is 22.9 Å². The fraction of sp³-hybridized carbons (Fsp3) is 0.211. The molecule has 0 fully saturated rings. The molecule has 0 radical (unpaired) electrons. The first-order chi connectivity index (χ1) is 18.1. The Bertz CT molecular complexity index is 1590. The predicted octanol–water partition coefficient (Wildman–Crippen LogP) is 10.9. The highest BCUT2D eigenvalue weighted by molar-refractivity contribution is 6.10. The molecule has 0 heterocycles. The summed E-state index contributed by atoms with van der Waals surface area (Å²) in [7, 11) is 0. The van der Waals surface area contributed by atoms with Crippen LogP contribution in [0.15, 0.2) is 97.1 Å². The molecule has 0 aliphatic heterocycles. The molecule has 5 aromatic carbocycles. The van der Waals surface area contributed by atoms with Crippen LogP contribution >= 0.6 is 0 Å². The van der Waals surface area contributed by atoms with Crippen LogP contribution in [-0.4, -0.2) is 0 Å². The van der Waals surface area contributed by atoms with Gasteiger partial charge in [-0.3, -0.25) is 0 Å². The summed E-state index contributed by atoms with van der Waals surface area (Å²) < 4.78 is 0. The zero-order valence-corrected chi connectivity index (χ0v) is 23.4. The first-order valence-corrected chi connectivity index (χ1v) is 13.7. The molecule has 5 aromatic rings. The lowest BCUT2D eigenvalue weighted by Crippen LogP contribution is -2.10. The van der Waals surface area contributed by atoms with Crippen LogP contribution in [-0.2, 0) is 10.8 Å². The summed E-state index contributed by atoms with van der Waals surface area (Å²) in [5, 5.41) is 2.68. The van der Waals surface area contributed by atoms with Crippen molar-refractivity contribution < 1.29 is 0 Å². The maximum Gasteiger partial charge on any atom is -0.00326 e. The predicted molar refractivity (Wildman–Crippen MR) is 167 cm³/mol. The van der Waals surface area contributed by atoms with Crippen molar-refractivity contribution in [1.82, 2.24) is 0 Å². The van der Waals surface area contributed by atoms with Gasteiger partial charge in [-0.1, -0.05) is 133 Å². The number of rotatable bonds is 3. The second-order valence-corrected chi connectivity index (χ2v) is 12.8. The van der Waals surface area contributed by atoms with E-state index in [2.05, 4.69) is 151 Å². The van der Waals surface area contributed by atoms with E-state index >= 15 is 0 Å². The van der Waals surface area contributed by atoms with Gasteiger partial charge >= 0.3 is 0 Å². The highest BCUT2D eigenvalue weighted by atomic mass is 14.2. The van der Waals surface area contributed by atoms with E-state index in [-0.39, 0.29) is 10.8 Å². The summed E-state index contributed by atoms with van der Waals surface area (Å²) >= 11 is 0. The van der Waals surface area contributed by atoms with Gasteiger partial charge in [0.25, 0.3) is 0 Å². The quantitative estimate of drug-likeness (QED) is 0.230. The van der Waals surface area contributed by atoms with E-state index in [1.807, 2.05) is 0 Å². The summed E-state index contributed by atoms with van der Waals surface area (Å²) in [6.45, 7) is 13.6. The highest BCUT2D eigenvalue weighted by Gasteiger charge is 2.17. The summed E-state index contributed by atoms with van der Waals surface area (Å²) in [5.74, 6) is 0. The van der Waals surface area contributed by atoms with Gasteiger partial charge in [0.1, 0.15) is 0 Å².